The number of hydrogen-bond acceptors (Lipinski definition) is 9. The van der Waals surface area contributed by atoms with Crippen molar-refractivity contribution >= 4 is 70.1 Å². The third-order valence-electron chi connectivity index (χ3n) is 7.33. The number of nitrogens with one attached hydrogen (secondary N) is 3. The van der Waals surface area contributed by atoms with Crippen molar-refractivity contribution in [2.45, 2.75) is 53.4 Å². The van der Waals surface area contributed by atoms with Crippen molar-refractivity contribution in [3.8, 4) is 0 Å². The highest BCUT2D eigenvalue weighted by Gasteiger charge is 2.36. The Kier molecular flexibility index (Phi) is 11.7. The summed E-state index contributed by atoms with van der Waals surface area (Å²) >= 11 is 0. The third-order valence-corrected chi connectivity index (χ3v) is 7.33. The highest BCUT2D eigenvalue weighted by molar-refractivity contribution is 5.97. The molecule has 3 amide bonds. The standard InChI is InChI=1S/C33H32N6O6/c1-5-33(15-30(43)37-24-9-6-21(2)27(12-24)34-18-40,16-31(44)38-25-10-7-22(3)28(13-25)35-19-41)17-32(45)39-26-11-8-23(4)29(14-26)36-20-42/h6-14H,5,15-17H2,1-4H3,(H,37,43)(H,38,44)(H,39,45). The van der Waals surface area contributed by atoms with Crippen LogP contribution in [0.5, 0.6) is 0 Å². The Balaban J connectivity index is 1.88. The fourth-order valence-electron chi connectivity index (χ4n) is 4.77. The first kappa shape index (κ1) is 33.7. The maximum Gasteiger partial charge on any atom is 0.240 e. The van der Waals surface area contributed by atoms with Crippen LogP contribution in [0.25, 0.3) is 0 Å². The van der Waals surface area contributed by atoms with Crippen LogP contribution < -0.4 is 16.0 Å². The molecule has 12 heteroatoms. The second-order valence-electron chi connectivity index (χ2n) is 10.6. The number of aryl methyl sites for hydroxylation is 3. The Hall–Kier alpha value is -5.79. The van der Waals surface area contributed by atoms with Gasteiger partial charge in [0.2, 0.25) is 36.0 Å². The number of anilines is 3. The van der Waals surface area contributed by atoms with E-state index in [9.17, 15) is 28.8 Å². The Morgan fingerprint density at radius 2 is 0.867 bits per heavy atom. The Morgan fingerprint density at radius 3 is 1.11 bits per heavy atom. The molecule has 0 spiro atoms. The van der Waals surface area contributed by atoms with E-state index >= 15 is 0 Å². The van der Waals surface area contributed by atoms with Crippen molar-refractivity contribution in [2.75, 3.05) is 16.0 Å². The molecule has 0 saturated heterocycles. The predicted octanol–water partition coefficient (Wildman–Crippen LogP) is 6.30. The largest absolute Gasteiger partial charge is 0.326 e. The van der Waals surface area contributed by atoms with E-state index in [-0.39, 0.29) is 25.7 Å². The zero-order chi connectivity index (χ0) is 33.0. The molecule has 0 bridgehead atoms. The van der Waals surface area contributed by atoms with Crippen LogP contribution in [-0.4, -0.2) is 36.0 Å². The average molecular weight is 609 g/mol. The molecule has 0 aliphatic rings. The number of nitrogens with zero attached hydrogens (tertiary/aromatic N) is 3. The lowest BCUT2D eigenvalue weighted by Crippen LogP contribution is -2.35. The van der Waals surface area contributed by atoms with Crippen LogP contribution in [0.4, 0.5) is 34.1 Å². The molecule has 0 saturated carbocycles. The Bertz CT molecular complexity index is 1560. The minimum atomic E-state index is -1.13. The minimum absolute atomic E-state index is 0.201. The molecule has 0 fully saturated rings. The fraction of sp³-hybridized carbons (Fsp3) is 0.273. The van der Waals surface area contributed by atoms with Gasteiger partial charge >= 0.3 is 0 Å². The maximum atomic E-state index is 13.3. The summed E-state index contributed by atoms with van der Waals surface area (Å²) in [6.45, 7) is 7.05. The van der Waals surface area contributed by atoms with Gasteiger partial charge in [0.25, 0.3) is 0 Å². The van der Waals surface area contributed by atoms with Crippen LogP contribution in [0.3, 0.4) is 0 Å². The topological polar surface area (TPSA) is 176 Å². The van der Waals surface area contributed by atoms with Crippen LogP contribution in [-0.2, 0) is 28.8 Å². The van der Waals surface area contributed by atoms with Gasteiger partial charge in [-0.2, -0.15) is 15.0 Å². The summed E-state index contributed by atoms with van der Waals surface area (Å²) in [5.74, 6) is -1.38. The summed E-state index contributed by atoms with van der Waals surface area (Å²) in [5.41, 5.74) is 3.17. The van der Waals surface area contributed by atoms with E-state index in [1.165, 1.54) is 36.4 Å². The van der Waals surface area contributed by atoms with Gasteiger partial charge in [0, 0.05) is 36.3 Å². The van der Waals surface area contributed by atoms with E-state index in [2.05, 4.69) is 30.9 Å². The van der Waals surface area contributed by atoms with Gasteiger partial charge in [-0.3, -0.25) is 14.4 Å². The van der Waals surface area contributed by atoms with Crippen LogP contribution in [0, 0.1) is 26.2 Å². The summed E-state index contributed by atoms with van der Waals surface area (Å²) in [6.07, 6.45) is 4.13. The van der Waals surface area contributed by atoms with Gasteiger partial charge in [0.15, 0.2) is 0 Å². The second kappa shape index (κ2) is 15.6. The van der Waals surface area contributed by atoms with Crippen molar-refractivity contribution in [2.24, 2.45) is 20.4 Å². The van der Waals surface area contributed by atoms with Gasteiger partial charge < -0.3 is 16.0 Å². The summed E-state index contributed by atoms with van der Waals surface area (Å²) in [7, 11) is 0. The molecular formula is C33H32N6O6. The summed E-state index contributed by atoms with van der Waals surface area (Å²) in [5, 5.41) is 8.31. The molecule has 230 valence electrons. The first-order chi connectivity index (χ1) is 21.5. The summed E-state index contributed by atoms with van der Waals surface area (Å²) < 4.78 is 0. The lowest BCUT2D eigenvalue weighted by molar-refractivity contribution is -0.124. The van der Waals surface area contributed by atoms with Crippen molar-refractivity contribution in [1.29, 1.82) is 0 Å². The first-order valence-electron chi connectivity index (χ1n) is 14.0. The van der Waals surface area contributed by atoms with Crippen molar-refractivity contribution in [3.63, 3.8) is 0 Å². The van der Waals surface area contributed by atoms with E-state index in [1.807, 2.05) is 0 Å². The fourth-order valence-corrected chi connectivity index (χ4v) is 4.77. The average Bonchev–Trinajstić information content (AvgIpc) is 2.98. The molecule has 12 nitrogen and oxygen atoms in total. The maximum absolute atomic E-state index is 13.3. The quantitative estimate of drug-likeness (QED) is 0.152. The van der Waals surface area contributed by atoms with Crippen molar-refractivity contribution < 1.29 is 28.8 Å². The summed E-state index contributed by atoms with van der Waals surface area (Å²) in [6, 6.07) is 14.6. The number of carbonyl (C=O) groups is 3. The number of aliphatic imine (C=N–C) groups is 3. The predicted molar refractivity (Wildman–Crippen MR) is 169 cm³/mol. The van der Waals surface area contributed by atoms with Crippen LogP contribution >= 0.6 is 0 Å². The smallest absolute Gasteiger partial charge is 0.240 e. The van der Waals surface area contributed by atoms with Gasteiger partial charge in [0.1, 0.15) is 0 Å². The van der Waals surface area contributed by atoms with Crippen LogP contribution in [0.2, 0.25) is 0 Å². The van der Waals surface area contributed by atoms with Gasteiger partial charge in [-0.25, -0.2) is 14.4 Å². The van der Waals surface area contributed by atoms with E-state index in [1.54, 1.807) is 64.1 Å². The molecule has 0 radical (unpaired) electrons. The number of carbonyl (C=O) groups excluding carboxylic acids is 6. The molecule has 0 aliphatic heterocycles. The molecule has 0 unspecified atom stereocenters. The van der Waals surface area contributed by atoms with E-state index in [0.29, 0.717) is 50.8 Å². The van der Waals surface area contributed by atoms with Crippen molar-refractivity contribution in [1.82, 2.24) is 0 Å². The lowest BCUT2D eigenvalue weighted by Gasteiger charge is -2.31. The number of benzene rings is 3. The van der Waals surface area contributed by atoms with Gasteiger partial charge in [-0.1, -0.05) is 25.1 Å². The molecule has 3 aromatic carbocycles. The van der Waals surface area contributed by atoms with Gasteiger partial charge in [0.05, 0.1) is 17.1 Å². The number of rotatable bonds is 13. The van der Waals surface area contributed by atoms with Crippen LogP contribution in [0.15, 0.2) is 69.6 Å². The molecule has 0 aromatic heterocycles. The highest BCUT2D eigenvalue weighted by Crippen LogP contribution is 2.37. The second-order valence-corrected chi connectivity index (χ2v) is 10.6. The molecule has 45 heavy (non-hydrogen) atoms. The molecule has 3 N–H and O–H groups in total. The first-order valence-corrected chi connectivity index (χ1v) is 14.0. The molecule has 3 aromatic rings. The molecular weight excluding hydrogens is 576 g/mol. The van der Waals surface area contributed by atoms with Gasteiger partial charge in [-0.05, 0) is 85.7 Å². The highest BCUT2D eigenvalue weighted by atomic mass is 16.2. The Morgan fingerprint density at radius 1 is 0.578 bits per heavy atom. The zero-order valence-electron chi connectivity index (χ0n) is 25.3. The molecule has 0 atom stereocenters. The SMILES string of the molecule is CCC(CC(=O)Nc1ccc(C)c(N=C=O)c1)(CC(=O)Nc1ccc(C)c(N=C=O)c1)CC(=O)Nc1ccc(C)c(N=C=O)c1. The number of amides is 3. The Labute approximate surface area is 259 Å². The third kappa shape index (κ3) is 9.61. The monoisotopic (exact) mass is 608 g/mol. The van der Waals surface area contributed by atoms with Crippen molar-refractivity contribution in [3.05, 3.63) is 71.3 Å². The minimum Gasteiger partial charge on any atom is -0.326 e. The molecule has 0 heterocycles. The zero-order valence-corrected chi connectivity index (χ0v) is 25.3. The lowest BCUT2D eigenvalue weighted by atomic mass is 9.74. The van der Waals surface area contributed by atoms with E-state index < -0.39 is 23.1 Å². The summed E-state index contributed by atoms with van der Waals surface area (Å²) in [4.78, 5) is 83.4. The van der Waals surface area contributed by atoms with E-state index in [0.717, 1.165) is 0 Å². The molecule has 3 rings (SSSR count). The normalized spacial score (nSPS) is 11.5. The van der Waals surface area contributed by atoms with Crippen LogP contribution in [0.1, 0.15) is 49.3 Å². The van der Waals surface area contributed by atoms with E-state index in [4.69, 9.17) is 0 Å². The number of isocyanates is 3. The molecule has 0 aliphatic carbocycles. The number of hydrogen-bond donors (Lipinski definition) is 3. The van der Waals surface area contributed by atoms with Gasteiger partial charge in [-0.15, -0.1) is 0 Å².